The molecule has 0 radical (unpaired) electrons. The standard InChI is InChI=1S/C15H20N2O2.ClH/c16-13(11-5-6-11)9-17-15(18)14-12-4-2-1-3-10(12)7-8-19-14;/h1-4,11,13-14H,5-9,16H2,(H,17,18);1H. The van der Waals surface area contributed by atoms with Crippen molar-refractivity contribution < 1.29 is 9.53 Å². The number of benzene rings is 1. The molecular weight excluding hydrogens is 276 g/mol. The molecule has 1 aromatic rings. The van der Waals surface area contributed by atoms with Gasteiger partial charge in [0.1, 0.15) is 0 Å². The summed E-state index contributed by atoms with van der Waals surface area (Å²) < 4.78 is 5.62. The van der Waals surface area contributed by atoms with Gasteiger partial charge in [-0.2, -0.15) is 0 Å². The monoisotopic (exact) mass is 296 g/mol. The summed E-state index contributed by atoms with van der Waals surface area (Å²) in [5.74, 6) is 0.531. The molecule has 2 atom stereocenters. The Balaban J connectivity index is 0.00000147. The van der Waals surface area contributed by atoms with Crippen LogP contribution in [0.5, 0.6) is 0 Å². The first kappa shape index (κ1) is 15.3. The number of ether oxygens (including phenoxy) is 1. The second-order valence-corrected chi connectivity index (χ2v) is 5.45. The predicted octanol–water partition coefficient (Wildman–Crippen LogP) is 1.58. The quantitative estimate of drug-likeness (QED) is 0.886. The third-order valence-corrected chi connectivity index (χ3v) is 3.97. The molecule has 5 heteroatoms. The second-order valence-electron chi connectivity index (χ2n) is 5.45. The predicted molar refractivity (Wildman–Crippen MR) is 79.8 cm³/mol. The zero-order valence-electron chi connectivity index (χ0n) is 11.4. The van der Waals surface area contributed by atoms with Crippen molar-refractivity contribution in [3.63, 3.8) is 0 Å². The summed E-state index contributed by atoms with van der Waals surface area (Å²) in [7, 11) is 0. The van der Waals surface area contributed by atoms with E-state index in [1.165, 1.54) is 18.4 Å². The Morgan fingerprint density at radius 1 is 1.40 bits per heavy atom. The fourth-order valence-corrected chi connectivity index (χ4v) is 2.61. The van der Waals surface area contributed by atoms with Gasteiger partial charge in [0.05, 0.1) is 6.61 Å². The van der Waals surface area contributed by atoms with Crippen LogP contribution in [0.3, 0.4) is 0 Å². The van der Waals surface area contributed by atoms with E-state index in [4.69, 9.17) is 10.5 Å². The van der Waals surface area contributed by atoms with Crippen molar-refractivity contribution in [3.05, 3.63) is 35.4 Å². The summed E-state index contributed by atoms with van der Waals surface area (Å²) in [6.07, 6.45) is 2.79. The lowest BCUT2D eigenvalue weighted by Crippen LogP contribution is -2.41. The van der Waals surface area contributed by atoms with Gasteiger partial charge in [0.15, 0.2) is 6.10 Å². The highest BCUT2D eigenvalue weighted by Gasteiger charge is 2.31. The van der Waals surface area contributed by atoms with Gasteiger partial charge in [0.25, 0.3) is 5.91 Å². The van der Waals surface area contributed by atoms with Gasteiger partial charge in [0.2, 0.25) is 0 Å². The Kier molecular flexibility index (Phi) is 5.02. The number of hydrogen-bond acceptors (Lipinski definition) is 3. The molecule has 0 saturated heterocycles. The first-order valence-electron chi connectivity index (χ1n) is 6.98. The number of carbonyl (C=O) groups is 1. The van der Waals surface area contributed by atoms with E-state index >= 15 is 0 Å². The fourth-order valence-electron chi connectivity index (χ4n) is 2.61. The SMILES string of the molecule is Cl.NC(CNC(=O)C1OCCc2ccccc21)C1CC1. The highest BCUT2D eigenvalue weighted by molar-refractivity contribution is 5.85. The fraction of sp³-hybridized carbons (Fsp3) is 0.533. The van der Waals surface area contributed by atoms with E-state index in [1.807, 2.05) is 18.2 Å². The van der Waals surface area contributed by atoms with Crippen molar-refractivity contribution in [2.45, 2.75) is 31.4 Å². The van der Waals surface area contributed by atoms with Crippen LogP contribution in [0.1, 0.15) is 30.1 Å². The molecule has 1 aliphatic heterocycles. The normalized spacial score (nSPS) is 22.4. The van der Waals surface area contributed by atoms with Gasteiger partial charge in [-0.1, -0.05) is 24.3 Å². The van der Waals surface area contributed by atoms with Crippen LogP contribution < -0.4 is 11.1 Å². The highest BCUT2D eigenvalue weighted by atomic mass is 35.5. The third kappa shape index (κ3) is 3.32. The number of carbonyl (C=O) groups excluding carboxylic acids is 1. The molecule has 20 heavy (non-hydrogen) atoms. The van der Waals surface area contributed by atoms with E-state index in [1.54, 1.807) is 0 Å². The molecule has 4 nitrogen and oxygen atoms in total. The van der Waals surface area contributed by atoms with Gasteiger partial charge in [0, 0.05) is 12.6 Å². The van der Waals surface area contributed by atoms with Crippen molar-refractivity contribution in [2.24, 2.45) is 11.7 Å². The second kappa shape index (κ2) is 6.57. The first-order chi connectivity index (χ1) is 9.25. The highest BCUT2D eigenvalue weighted by Crippen LogP contribution is 2.31. The number of fused-ring (bicyclic) bond motifs is 1. The summed E-state index contributed by atoms with van der Waals surface area (Å²) >= 11 is 0. The number of nitrogens with one attached hydrogen (secondary N) is 1. The Bertz CT molecular complexity index is 477. The minimum absolute atomic E-state index is 0. The molecule has 1 amide bonds. The van der Waals surface area contributed by atoms with Crippen LogP contribution in [-0.2, 0) is 16.0 Å². The molecular formula is C15H21ClN2O2. The molecule has 1 heterocycles. The van der Waals surface area contributed by atoms with E-state index in [9.17, 15) is 4.79 Å². The topological polar surface area (TPSA) is 64.3 Å². The third-order valence-electron chi connectivity index (χ3n) is 3.97. The number of halogens is 1. The lowest BCUT2D eigenvalue weighted by Gasteiger charge is -2.25. The van der Waals surface area contributed by atoms with Crippen molar-refractivity contribution in [1.82, 2.24) is 5.32 Å². The summed E-state index contributed by atoms with van der Waals surface area (Å²) in [5, 5.41) is 2.93. The van der Waals surface area contributed by atoms with Crippen molar-refractivity contribution >= 4 is 18.3 Å². The van der Waals surface area contributed by atoms with Crippen LogP contribution >= 0.6 is 12.4 Å². The molecule has 1 saturated carbocycles. The smallest absolute Gasteiger partial charge is 0.253 e. The van der Waals surface area contributed by atoms with Crippen LogP contribution in [0, 0.1) is 5.92 Å². The summed E-state index contributed by atoms with van der Waals surface area (Å²) in [6.45, 7) is 1.15. The van der Waals surface area contributed by atoms with Crippen LogP contribution in [0.15, 0.2) is 24.3 Å². The van der Waals surface area contributed by atoms with Crippen molar-refractivity contribution in [1.29, 1.82) is 0 Å². The summed E-state index contributed by atoms with van der Waals surface area (Å²) in [6, 6.07) is 8.07. The molecule has 1 aliphatic carbocycles. The van der Waals surface area contributed by atoms with E-state index in [0.29, 0.717) is 19.1 Å². The number of nitrogens with two attached hydrogens (primary N) is 1. The maximum atomic E-state index is 12.2. The molecule has 110 valence electrons. The Morgan fingerprint density at radius 3 is 2.90 bits per heavy atom. The Labute approximate surface area is 125 Å². The van der Waals surface area contributed by atoms with Crippen LogP contribution in [-0.4, -0.2) is 25.1 Å². The lowest BCUT2D eigenvalue weighted by atomic mass is 9.97. The zero-order chi connectivity index (χ0) is 13.2. The summed E-state index contributed by atoms with van der Waals surface area (Å²) in [5.41, 5.74) is 8.20. The molecule has 3 rings (SSSR count). The maximum absolute atomic E-state index is 12.2. The van der Waals surface area contributed by atoms with Gasteiger partial charge in [-0.05, 0) is 36.3 Å². The molecule has 0 aromatic heterocycles. The van der Waals surface area contributed by atoms with E-state index in [0.717, 1.165) is 12.0 Å². The molecule has 3 N–H and O–H groups in total. The van der Waals surface area contributed by atoms with Crippen LogP contribution in [0.2, 0.25) is 0 Å². The summed E-state index contributed by atoms with van der Waals surface area (Å²) in [4.78, 5) is 12.2. The van der Waals surface area contributed by atoms with Gasteiger partial charge >= 0.3 is 0 Å². The van der Waals surface area contributed by atoms with E-state index < -0.39 is 6.10 Å². The zero-order valence-corrected chi connectivity index (χ0v) is 12.2. The van der Waals surface area contributed by atoms with Crippen LogP contribution in [0.4, 0.5) is 0 Å². The molecule has 0 spiro atoms. The van der Waals surface area contributed by atoms with Gasteiger partial charge in [-0.15, -0.1) is 12.4 Å². The minimum Gasteiger partial charge on any atom is -0.363 e. The van der Waals surface area contributed by atoms with Crippen molar-refractivity contribution in [3.8, 4) is 0 Å². The molecule has 0 bridgehead atoms. The average Bonchev–Trinajstić information content (AvgIpc) is 3.28. The minimum atomic E-state index is -0.476. The number of rotatable bonds is 4. The number of hydrogen-bond donors (Lipinski definition) is 2. The average molecular weight is 297 g/mol. The molecule has 2 unspecified atom stereocenters. The van der Waals surface area contributed by atoms with E-state index in [-0.39, 0.29) is 24.4 Å². The largest absolute Gasteiger partial charge is 0.363 e. The molecule has 1 fully saturated rings. The molecule has 1 aromatic carbocycles. The van der Waals surface area contributed by atoms with Gasteiger partial charge in [-0.3, -0.25) is 4.79 Å². The molecule has 2 aliphatic rings. The van der Waals surface area contributed by atoms with Crippen LogP contribution in [0.25, 0.3) is 0 Å². The van der Waals surface area contributed by atoms with Crippen molar-refractivity contribution in [2.75, 3.05) is 13.2 Å². The Hall–Kier alpha value is -1.10. The first-order valence-corrected chi connectivity index (χ1v) is 6.98. The number of amides is 1. The Morgan fingerprint density at radius 2 is 2.15 bits per heavy atom. The van der Waals surface area contributed by atoms with Gasteiger partial charge < -0.3 is 15.8 Å². The van der Waals surface area contributed by atoms with Gasteiger partial charge in [-0.25, -0.2) is 0 Å². The lowest BCUT2D eigenvalue weighted by molar-refractivity contribution is -0.134. The maximum Gasteiger partial charge on any atom is 0.253 e. The van der Waals surface area contributed by atoms with E-state index in [2.05, 4.69) is 11.4 Å².